The van der Waals surface area contributed by atoms with E-state index >= 15 is 0 Å². The van der Waals surface area contributed by atoms with E-state index in [0.29, 0.717) is 5.88 Å². The first-order valence-electron chi connectivity index (χ1n) is 3.55. The molecule has 0 spiro atoms. The quantitative estimate of drug-likeness (QED) is 0.476. The van der Waals surface area contributed by atoms with Gasteiger partial charge in [-0.3, -0.25) is 0 Å². The third-order valence-corrected chi connectivity index (χ3v) is 1.50. The Hall–Kier alpha value is -1.13. The highest BCUT2D eigenvalue weighted by atomic mass is 35.5. The van der Waals surface area contributed by atoms with Crippen molar-refractivity contribution in [2.45, 2.75) is 0 Å². The monoisotopic (exact) mass is 180 g/mol. The molecule has 0 saturated carbocycles. The van der Waals surface area contributed by atoms with Crippen LogP contribution in [-0.4, -0.2) is 13.0 Å². The zero-order valence-corrected chi connectivity index (χ0v) is 7.56. The molecule has 0 radical (unpaired) electrons. The van der Waals surface area contributed by atoms with E-state index in [1.807, 2.05) is 24.3 Å². The SMILES string of the molecule is COc1cccc(C#CCCl)c1. The molecular weight excluding hydrogens is 172 g/mol. The lowest BCUT2D eigenvalue weighted by Gasteiger charge is -1.97. The summed E-state index contributed by atoms with van der Waals surface area (Å²) >= 11 is 5.42. The van der Waals surface area contributed by atoms with Crippen LogP contribution in [0.4, 0.5) is 0 Å². The minimum Gasteiger partial charge on any atom is -0.497 e. The van der Waals surface area contributed by atoms with Gasteiger partial charge < -0.3 is 4.74 Å². The van der Waals surface area contributed by atoms with Crippen LogP contribution in [0.25, 0.3) is 0 Å². The first-order valence-corrected chi connectivity index (χ1v) is 4.09. The van der Waals surface area contributed by atoms with E-state index in [9.17, 15) is 0 Å². The van der Waals surface area contributed by atoms with E-state index in [1.54, 1.807) is 7.11 Å². The first-order chi connectivity index (χ1) is 5.86. The molecule has 1 aromatic rings. The fourth-order valence-electron chi connectivity index (χ4n) is 0.836. The van der Waals surface area contributed by atoms with Crippen molar-refractivity contribution in [3.63, 3.8) is 0 Å². The fraction of sp³-hybridized carbons (Fsp3) is 0.200. The van der Waals surface area contributed by atoms with Gasteiger partial charge in [0.15, 0.2) is 0 Å². The second-order valence-electron chi connectivity index (χ2n) is 2.17. The fourth-order valence-corrected chi connectivity index (χ4v) is 0.903. The minimum atomic E-state index is 0.358. The van der Waals surface area contributed by atoms with Crippen molar-refractivity contribution >= 4 is 11.6 Å². The molecule has 0 heterocycles. The van der Waals surface area contributed by atoms with Crippen molar-refractivity contribution < 1.29 is 4.74 Å². The number of halogens is 1. The minimum absolute atomic E-state index is 0.358. The van der Waals surface area contributed by atoms with Crippen LogP contribution in [0.2, 0.25) is 0 Å². The van der Waals surface area contributed by atoms with E-state index in [0.717, 1.165) is 11.3 Å². The van der Waals surface area contributed by atoms with Gasteiger partial charge in [-0.05, 0) is 18.2 Å². The summed E-state index contributed by atoms with van der Waals surface area (Å²) in [6.07, 6.45) is 0. The van der Waals surface area contributed by atoms with Gasteiger partial charge >= 0.3 is 0 Å². The average Bonchev–Trinajstić information content (AvgIpc) is 2.15. The van der Waals surface area contributed by atoms with Crippen LogP contribution in [0.1, 0.15) is 5.56 Å². The molecule has 0 amide bonds. The predicted molar refractivity (Wildman–Crippen MR) is 50.6 cm³/mol. The Balaban J connectivity index is 2.86. The molecule has 2 heteroatoms. The van der Waals surface area contributed by atoms with Gasteiger partial charge in [0.25, 0.3) is 0 Å². The van der Waals surface area contributed by atoms with Gasteiger partial charge in [-0.1, -0.05) is 17.9 Å². The van der Waals surface area contributed by atoms with Crippen molar-refractivity contribution in [1.82, 2.24) is 0 Å². The van der Waals surface area contributed by atoms with Crippen LogP contribution >= 0.6 is 11.6 Å². The lowest BCUT2D eigenvalue weighted by molar-refractivity contribution is 0.414. The molecule has 1 nitrogen and oxygen atoms in total. The zero-order valence-electron chi connectivity index (χ0n) is 6.80. The molecule has 0 aromatic heterocycles. The maximum absolute atomic E-state index is 5.42. The summed E-state index contributed by atoms with van der Waals surface area (Å²) in [6, 6.07) is 7.57. The summed E-state index contributed by atoms with van der Waals surface area (Å²) in [4.78, 5) is 0. The van der Waals surface area contributed by atoms with Crippen LogP contribution in [0.5, 0.6) is 5.75 Å². The molecule has 0 atom stereocenters. The van der Waals surface area contributed by atoms with Crippen LogP contribution in [0.15, 0.2) is 24.3 Å². The number of rotatable bonds is 1. The van der Waals surface area contributed by atoms with Crippen molar-refractivity contribution in [2.24, 2.45) is 0 Å². The Labute approximate surface area is 77.3 Å². The maximum Gasteiger partial charge on any atom is 0.120 e. The van der Waals surface area contributed by atoms with Crippen molar-refractivity contribution in [3.05, 3.63) is 29.8 Å². The molecule has 0 aliphatic rings. The Morgan fingerprint density at radius 1 is 1.50 bits per heavy atom. The summed E-state index contributed by atoms with van der Waals surface area (Å²) in [5.74, 6) is 6.86. The Morgan fingerprint density at radius 3 is 3.00 bits per heavy atom. The molecule has 1 aromatic carbocycles. The second kappa shape index (κ2) is 4.69. The van der Waals surface area contributed by atoms with Gasteiger partial charge in [0.05, 0.1) is 13.0 Å². The molecule has 0 bridgehead atoms. The summed E-state index contributed by atoms with van der Waals surface area (Å²) in [5.41, 5.74) is 0.926. The Morgan fingerprint density at radius 2 is 2.33 bits per heavy atom. The number of hydrogen-bond donors (Lipinski definition) is 0. The average molecular weight is 181 g/mol. The zero-order chi connectivity index (χ0) is 8.81. The molecule has 0 aliphatic carbocycles. The van der Waals surface area contributed by atoms with E-state index in [2.05, 4.69) is 11.8 Å². The van der Waals surface area contributed by atoms with Crippen molar-refractivity contribution in [3.8, 4) is 17.6 Å². The topological polar surface area (TPSA) is 9.23 Å². The highest BCUT2D eigenvalue weighted by Gasteiger charge is 1.90. The Kier molecular flexibility index (Phi) is 3.50. The smallest absolute Gasteiger partial charge is 0.120 e. The molecule has 0 saturated heterocycles. The van der Waals surface area contributed by atoms with Gasteiger partial charge in [0.1, 0.15) is 5.75 Å². The largest absolute Gasteiger partial charge is 0.497 e. The number of hydrogen-bond acceptors (Lipinski definition) is 1. The van der Waals surface area contributed by atoms with Gasteiger partial charge in [0, 0.05) is 5.56 Å². The normalized spacial score (nSPS) is 8.50. The van der Waals surface area contributed by atoms with Crippen LogP contribution in [0.3, 0.4) is 0 Å². The molecule has 0 N–H and O–H groups in total. The predicted octanol–water partition coefficient (Wildman–Crippen LogP) is 2.29. The summed E-state index contributed by atoms with van der Waals surface area (Å²) in [7, 11) is 1.63. The van der Waals surface area contributed by atoms with Gasteiger partial charge in [0.2, 0.25) is 0 Å². The third kappa shape index (κ3) is 2.48. The number of ether oxygens (including phenoxy) is 1. The third-order valence-electron chi connectivity index (χ3n) is 1.37. The number of methoxy groups -OCH3 is 1. The highest BCUT2D eigenvalue weighted by Crippen LogP contribution is 2.10. The van der Waals surface area contributed by atoms with E-state index in [1.165, 1.54) is 0 Å². The van der Waals surface area contributed by atoms with Gasteiger partial charge in [-0.25, -0.2) is 0 Å². The van der Waals surface area contributed by atoms with E-state index in [4.69, 9.17) is 16.3 Å². The first kappa shape index (κ1) is 8.96. The number of benzene rings is 1. The van der Waals surface area contributed by atoms with E-state index in [-0.39, 0.29) is 0 Å². The molecule has 12 heavy (non-hydrogen) atoms. The van der Waals surface area contributed by atoms with Gasteiger partial charge in [-0.2, -0.15) is 0 Å². The van der Waals surface area contributed by atoms with Gasteiger partial charge in [-0.15, -0.1) is 11.6 Å². The van der Waals surface area contributed by atoms with Crippen LogP contribution in [0, 0.1) is 11.8 Å². The summed E-state index contributed by atoms with van der Waals surface area (Å²) < 4.78 is 5.03. The summed E-state index contributed by atoms with van der Waals surface area (Å²) in [6.45, 7) is 0. The highest BCUT2D eigenvalue weighted by molar-refractivity contribution is 6.19. The lowest BCUT2D eigenvalue weighted by Crippen LogP contribution is -1.82. The standard InChI is InChI=1S/C10H9ClO/c1-12-10-6-2-4-9(8-10)5-3-7-11/h2,4,6,8H,7H2,1H3. The van der Waals surface area contributed by atoms with Crippen LogP contribution < -0.4 is 4.74 Å². The molecule has 0 fully saturated rings. The van der Waals surface area contributed by atoms with Crippen molar-refractivity contribution in [2.75, 3.05) is 13.0 Å². The van der Waals surface area contributed by atoms with Crippen molar-refractivity contribution in [1.29, 1.82) is 0 Å². The Bertz CT molecular complexity index is 309. The second-order valence-corrected chi connectivity index (χ2v) is 2.43. The molecule has 62 valence electrons. The molecule has 0 unspecified atom stereocenters. The summed E-state index contributed by atoms with van der Waals surface area (Å²) in [5, 5.41) is 0. The molecule has 1 rings (SSSR count). The molecule has 0 aliphatic heterocycles. The van der Waals surface area contributed by atoms with Crippen LogP contribution in [-0.2, 0) is 0 Å². The van der Waals surface area contributed by atoms with E-state index < -0.39 is 0 Å². The molecular formula is C10H9ClO. The number of alkyl halides is 1. The maximum atomic E-state index is 5.42. The lowest BCUT2D eigenvalue weighted by atomic mass is 10.2.